The van der Waals surface area contributed by atoms with Crippen LogP contribution >= 0.6 is 0 Å². The van der Waals surface area contributed by atoms with Gasteiger partial charge in [0.2, 0.25) is 0 Å². The van der Waals surface area contributed by atoms with Crippen molar-refractivity contribution in [3.63, 3.8) is 0 Å². The summed E-state index contributed by atoms with van der Waals surface area (Å²) < 4.78 is 53.1. The van der Waals surface area contributed by atoms with Crippen LogP contribution in [0.1, 0.15) is 42.1 Å². The van der Waals surface area contributed by atoms with Crippen LogP contribution in [0.3, 0.4) is 0 Å². The van der Waals surface area contributed by atoms with Crippen LogP contribution in [-0.4, -0.2) is 45.2 Å². The second-order valence-electron chi connectivity index (χ2n) is 9.99. The molecule has 0 saturated heterocycles. The summed E-state index contributed by atoms with van der Waals surface area (Å²) >= 11 is 0. The van der Waals surface area contributed by atoms with E-state index in [2.05, 4.69) is 15.2 Å². The van der Waals surface area contributed by atoms with Gasteiger partial charge in [-0.2, -0.15) is 5.10 Å². The Kier molecular flexibility index (Phi) is 5.71. The maximum Gasteiger partial charge on any atom is 0.251 e. The first-order chi connectivity index (χ1) is 18.1. The van der Waals surface area contributed by atoms with Gasteiger partial charge in [0.1, 0.15) is 21.5 Å². The summed E-state index contributed by atoms with van der Waals surface area (Å²) in [5, 5.41) is 8.68. The van der Waals surface area contributed by atoms with E-state index in [4.69, 9.17) is 4.98 Å². The maximum absolute atomic E-state index is 14.4. The van der Waals surface area contributed by atoms with E-state index in [0.717, 1.165) is 42.5 Å². The summed E-state index contributed by atoms with van der Waals surface area (Å²) in [6.45, 7) is 0.0670. The fraction of sp³-hybridized carbons (Fsp3) is 0.296. The van der Waals surface area contributed by atoms with Crippen molar-refractivity contribution < 1.29 is 17.2 Å². The lowest BCUT2D eigenvalue weighted by atomic mass is 9.79. The van der Waals surface area contributed by atoms with Crippen molar-refractivity contribution in [1.29, 1.82) is 0 Å². The van der Waals surface area contributed by atoms with Crippen LogP contribution in [0.2, 0.25) is 0 Å². The topological polar surface area (TPSA) is 108 Å². The molecule has 8 nitrogen and oxygen atoms in total. The zero-order valence-corrected chi connectivity index (χ0v) is 21.3. The fourth-order valence-corrected chi connectivity index (χ4v) is 6.22. The minimum Gasteiger partial charge on any atom is -0.314 e. The first-order valence-corrected chi connectivity index (χ1v) is 14.3. The first kappa shape index (κ1) is 24.5. The molecule has 1 fully saturated rings. The molecule has 3 heterocycles. The number of rotatable bonds is 6. The Hall–Kier alpha value is -3.86. The van der Waals surface area contributed by atoms with Crippen molar-refractivity contribution >= 4 is 9.84 Å². The lowest BCUT2D eigenvalue weighted by Gasteiger charge is -2.27. The lowest BCUT2D eigenvalue weighted by molar-refractivity contribution is 0.509. The van der Waals surface area contributed by atoms with Gasteiger partial charge in [-0.15, -0.1) is 5.10 Å². The number of aryl methyl sites for hydroxylation is 1. The molecule has 6 rings (SSSR count). The van der Waals surface area contributed by atoms with Gasteiger partial charge in [-0.1, -0.05) is 6.07 Å². The molecule has 0 amide bonds. The molecule has 2 atom stereocenters. The first-order valence-electron chi connectivity index (χ1n) is 12.2. The number of halogens is 2. The van der Waals surface area contributed by atoms with Crippen LogP contribution < -0.4 is 5.56 Å². The van der Waals surface area contributed by atoms with Crippen LogP contribution in [0.5, 0.6) is 0 Å². The number of aromatic nitrogens is 5. The molecule has 0 N–H and O–H groups in total. The van der Waals surface area contributed by atoms with E-state index in [1.54, 1.807) is 24.5 Å². The van der Waals surface area contributed by atoms with Crippen LogP contribution in [0.25, 0.3) is 22.6 Å². The minimum absolute atomic E-state index is 0.0670. The average Bonchev–Trinajstić information content (AvgIpc) is 3.46. The lowest BCUT2D eigenvalue weighted by Crippen LogP contribution is -2.26. The Balaban J connectivity index is 1.35. The summed E-state index contributed by atoms with van der Waals surface area (Å²) in [4.78, 5) is 21.8. The van der Waals surface area contributed by atoms with Gasteiger partial charge in [0.05, 0.1) is 33.8 Å². The molecule has 194 valence electrons. The molecule has 2 bridgehead atoms. The summed E-state index contributed by atoms with van der Waals surface area (Å²) in [5.74, 6) is -0.954. The molecule has 0 radical (unpaired) electrons. The third-order valence-corrected chi connectivity index (χ3v) is 8.48. The summed E-state index contributed by atoms with van der Waals surface area (Å²) in [5.41, 5.74) is 2.10. The monoisotopic (exact) mass is 535 g/mol. The number of fused-ring (bicyclic) bond motifs is 5. The predicted molar refractivity (Wildman–Crippen MR) is 136 cm³/mol. The molecule has 0 unspecified atom stereocenters. The summed E-state index contributed by atoms with van der Waals surface area (Å²) in [6, 6.07) is 10.4. The van der Waals surface area contributed by atoms with E-state index in [1.807, 2.05) is 6.07 Å². The van der Waals surface area contributed by atoms with Crippen LogP contribution in [-0.2, 0) is 21.8 Å². The quantitative estimate of drug-likeness (QED) is 0.371. The molecule has 2 aliphatic carbocycles. The Morgan fingerprint density at radius 1 is 1.11 bits per heavy atom. The van der Waals surface area contributed by atoms with Gasteiger partial charge >= 0.3 is 0 Å². The molecule has 4 aromatic rings. The molecule has 1 saturated carbocycles. The van der Waals surface area contributed by atoms with Crippen molar-refractivity contribution in [2.24, 2.45) is 0 Å². The summed E-state index contributed by atoms with van der Waals surface area (Å²) in [6.07, 6.45) is 6.75. The zero-order valence-electron chi connectivity index (χ0n) is 20.4. The zero-order chi connectivity index (χ0) is 26.7. The van der Waals surface area contributed by atoms with Crippen LogP contribution in [0.4, 0.5) is 8.78 Å². The van der Waals surface area contributed by atoms with Crippen molar-refractivity contribution in [1.82, 2.24) is 24.7 Å². The van der Waals surface area contributed by atoms with Gasteiger partial charge in [0.15, 0.2) is 5.82 Å². The number of benzene rings is 1. The van der Waals surface area contributed by atoms with Crippen molar-refractivity contribution in [3.05, 3.63) is 93.8 Å². The highest BCUT2D eigenvalue weighted by Crippen LogP contribution is 2.59. The number of sulfone groups is 1. The minimum atomic E-state index is -3.20. The Bertz CT molecular complexity index is 1740. The van der Waals surface area contributed by atoms with Gasteiger partial charge in [-0.3, -0.25) is 4.79 Å². The van der Waals surface area contributed by atoms with Gasteiger partial charge in [-0.25, -0.2) is 27.2 Å². The Morgan fingerprint density at radius 3 is 2.63 bits per heavy atom. The Morgan fingerprint density at radius 2 is 1.89 bits per heavy atom. The van der Waals surface area contributed by atoms with E-state index < -0.39 is 26.9 Å². The normalized spacial score (nSPS) is 20.0. The van der Waals surface area contributed by atoms with Gasteiger partial charge in [-0.05, 0) is 61.1 Å². The molecule has 2 aliphatic rings. The van der Waals surface area contributed by atoms with E-state index in [0.29, 0.717) is 11.4 Å². The SMILES string of the molecule is CS(=O)(=O)CCn1ccc(-c2nccc([C@]34CC[C@H](C3)c3cc(-c5c(F)cccc5F)nnc34)n2)cc1=O. The third kappa shape index (κ3) is 4.10. The van der Waals surface area contributed by atoms with E-state index in [1.165, 1.54) is 28.8 Å². The third-order valence-electron chi connectivity index (χ3n) is 7.55. The van der Waals surface area contributed by atoms with Crippen LogP contribution in [0, 0.1) is 11.6 Å². The maximum atomic E-state index is 14.4. The highest BCUT2D eigenvalue weighted by atomic mass is 32.2. The smallest absolute Gasteiger partial charge is 0.251 e. The molecule has 11 heteroatoms. The molecule has 0 aliphatic heterocycles. The van der Waals surface area contributed by atoms with E-state index in [9.17, 15) is 22.0 Å². The van der Waals surface area contributed by atoms with Crippen molar-refractivity contribution in [3.8, 4) is 22.6 Å². The molecule has 3 aromatic heterocycles. The van der Waals surface area contributed by atoms with Crippen molar-refractivity contribution in [2.45, 2.75) is 37.1 Å². The largest absolute Gasteiger partial charge is 0.314 e. The predicted octanol–water partition coefficient (Wildman–Crippen LogP) is 3.65. The summed E-state index contributed by atoms with van der Waals surface area (Å²) in [7, 11) is -3.20. The molecule has 1 aromatic carbocycles. The van der Waals surface area contributed by atoms with E-state index in [-0.39, 0.29) is 35.0 Å². The molecule has 0 spiro atoms. The van der Waals surface area contributed by atoms with Gasteiger partial charge < -0.3 is 4.57 Å². The number of nitrogens with zero attached hydrogens (tertiary/aromatic N) is 5. The number of hydrogen-bond donors (Lipinski definition) is 0. The highest BCUT2D eigenvalue weighted by molar-refractivity contribution is 7.90. The van der Waals surface area contributed by atoms with Gasteiger partial charge in [0.25, 0.3) is 5.56 Å². The second-order valence-corrected chi connectivity index (χ2v) is 12.3. The van der Waals surface area contributed by atoms with Gasteiger partial charge in [0, 0.05) is 36.8 Å². The fourth-order valence-electron chi connectivity index (χ4n) is 5.69. The van der Waals surface area contributed by atoms with Crippen molar-refractivity contribution in [2.75, 3.05) is 12.0 Å². The van der Waals surface area contributed by atoms with E-state index >= 15 is 0 Å². The molecular weight excluding hydrogens is 512 g/mol. The molecular formula is C27H23F2N5O3S. The highest BCUT2D eigenvalue weighted by Gasteiger charge is 2.53. The standard InChI is InChI=1S/C27H23F2N5O3S/c1-38(36,37)12-11-34-10-7-16(13-23(34)35)26-30-9-6-22(31-26)27-8-5-17(15-27)18-14-21(32-33-25(18)27)24-19(28)3-2-4-20(24)29/h2-4,6-7,9-10,13-14,17H,5,8,11-12,15H2,1H3/t17-,27+/m1/s1. The number of hydrogen-bond acceptors (Lipinski definition) is 7. The number of pyridine rings is 1. The molecule has 38 heavy (non-hydrogen) atoms. The Labute approximate surface area is 217 Å². The average molecular weight is 536 g/mol. The second kappa shape index (κ2) is 8.87. The van der Waals surface area contributed by atoms with Crippen LogP contribution in [0.15, 0.2) is 59.7 Å².